The average Bonchev–Trinajstić information content (AvgIpc) is 3.16. The predicted molar refractivity (Wildman–Crippen MR) is 121 cm³/mol. The minimum atomic E-state index is 0.304. The number of hydrogen-bond donors (Lipinski definition) is 0. The van der Waals surface area contributed by atoms with E-state index in [1.54, 1.807) is 6.07 Å². The maximum Gasteiger partial charge on any atom is 0.155 e. The smallest absolute Gasteiger partial charge is 0.155 e. The molecule has 0 aliphatic heterocycles. The van der Waals surface area contributed by atoms with Crippen molar-refractivity contribution in [2.45, 2.75) is 20.3 Å². The van der Waals surface area contributed by atoms with Crippen LogP contribution in [0, 0.1) is 11.3 Å². The van der Waals surface area contributed by atoms with Crippen LogP contribution in [-0.2, 0) is 6.42 Å². The molecule has 0 saturated heterocycles. The SMILES string of the molecule is CCN(CC)CCc1ccc2c(ccn2-c2cc(Cl)c(OCCCl)c(C#N)c2)c1. The summed E-state index contributed by atoms with van der Waals surface area (Å²) in [6.07, 6.45) is 3.03. The van der Waals surface area contributed by atoms with Gasteiger partial charge in [0.15, 0.2) is 5.75 Å². The van der Waals surface area contributed by atoms with E-state index in [0.29, 0.717) is 28.8 Å². The third-order valence-electron chi connectivity index (χ3n) is 5.12. The molecule has 0 saturated carbocycles. The summed E-state index contributed by atoms with van der Waals surface area (Å²) in [5.74, 6) is 0.718. The van der Waals surface area contributed by atoms with E-state index in [9.17, 15) is 5.26 Å². The van der Waals surface area contributed by atoms with Gasteiger partial charge in [-0.3, -0.25) is 0 Å². The molecule has 2 aromatic carbocycles. The van der Waals surface area contributed by atoms with Crippen molar-refractivity contribution in [3.05, 3.63) is 58.7 Å². The molecule has 0 aliphatic carbocycles. The van der Waals surface area contributed by atoms with E-state index >= 15 is 0 Å². The van der Waals surface area contributed by atoms with Gasteiger partial charge < -0.3 is 14.2 Å². The highest BCUT2D eigenvalue weighted by molar-refractivity contribution is 6.32. The fraction of sp³-hybridized carbons (Fsp3) is 0.348. The highest BCUT2D eigenvalue weighted by Gasteiger charge is 2.13. The van der Waals surface area contributed by atoms with Crippen molar-refractivity contribution in [3.8, 4) is 17.5 Å². The summed E-state index contributed by atoms with van der Waals surface area (Å²) in [6, 6.07) is 14.4. The molecular weight excluding hydrogens is 405 g/mol. The van der Waals surface area contributed by atoms with E-state index in [1.165, 1.54) is 10.9 Å². The number of rotatable bonds is 9. The molecule has 6 heteroatoms. The first-order chi connectivity index (χ1) is 14.1. The summed E-state index contributed by atoms with van der Waals surface area (Å²) in [4.78, 5) is 2.43. The van der Waals surface area contributed by atoms with Gasteiger partial charge in [-0.2, -0.15) is 5.26 Å². The van der Waals surface area contributed by atoms with E-state index in [1.807, 2.05) is 16.8 Å². The lowest BCUT2D eigenvalue weighted by molar-refractivity contribution is 0.308. The van der Waals surface area contributed by atoms with Crippen LogP contribution in [0.1, 0.15) is 25.0 Å². The van der Waals surface area contributed by atoms with Crippen LogP contribution in [0.25, 0.3) is 16.6 Å². The molecule has 0 radical (unpaired) electrons. The monoisotopic (exact) mass is 429 g/mol. The van der Waals surface area contributed by atoms with Gasteiger partial charge in [0.2, 0.25) is 0 Å². The Morgan fingerprint density at radius 2 is 1.93 bits per heavy atom. The Kier molecular flexibility index (Phi) is 7.44. The van der Waals surface area contributed by atoms with Crippen LogP contribution in [0.5, 0.6) is 5.75 Å². The molecular formula is C23H25Cl2N3O. The summed E-state index contributed by atoms with van der Waals surface area (Å²) in [6.45, 7) is 7.89. The number of aromatic nitrogens is 1. The van der Waals surface area contributed by atoms with Gasteiger partial charge in [0.05, 0.1) is 22.0 Å². The molecule has 0 N–H and O–H groups in total. The van der Waals surface area contributed by atoms with Crippen LogP contribution in [0.4, 0.5) is 0 Å². The Morgan fingerprint density at radius 1 is 1.14 bits per heavy atom. The third-order valence-corrected chi connectivity index (χ3v) is 5.55. The summed E-state index contributed by atoms with van der Waals surface area (Å²) < 4.78 is 7.59. The number of fused-ring (bicyclic) bond motifs is 1. The maximum absolute atomic E-state index is 9.52. The lowest BCUT2D eigenvalue weighted by Gasteiger charge is -2.17. The van der Waals surface area contributed by atoms with Crippen molar-refractivity contribution >= 4 is 34.1 Å². The van der Waals surface area contributed by atoms with Crippen molar-refractivity contribution in [2.75, 3.05) is 32.1 Å². The summed E-state index contributed by atoms with van der Waals surface area (Å²) >= 11 is 12.1. The Hall–Kier alpha value is -2.19. The first-order valence-corrected chi connectivity index (χ1v) is 10.8. The molecule has 0 unspecified atom stereocenters. The normalized spacial score (nSPS) is 11.2. The van der Waals surface area contributed by atoms with Gasteiger partial charge in [-0.05, 0) is 55.4 Å². The van der Waals surface area contributed by atoms with Gasteiger partial charge in [0, 0.05) is 23.8 Å². The van der Waals surface area contributed by atoms with E-state index < -0.39 is 0 Å². The second kappa shape index (κ2) is 10.0. The Bertz CT molecular complexity index is 1020. The van der Waals surface area contributed by atoms with Gasteiger partial charge in [-0.25, -0.2) is 0 Å². The molecule has 0 amide bonds. The quantitative estimate of drug-likeness (QED) is 0.412. The lowest BCUT2D eigenvalue weighted by Crippen LogP contribution is -2.25. The van der Waals surface area contributed by atoms with Crippen molar-refractivity contribution in [1.29, 1.82) is 5.26 Å². The second-order valence-corrected chi connectivity index (χ2v) is 7.59. The van der Waals surface area contributed by atoms with Crippen LogP contribution >= 0.6 is 23.2 Å². The van der Waals surface area contributed by atoms with Gasteiger partial charge in [-0.15, -0.1) is 11.6 Å². The van der Waals surface area contributed by atoms with E-state index in [0.717, 1.165) is 37.3 Å². The molecule has 1 aromatic heterocycles. The predicted octanol–water partition coefficient (Wildman–Crippen LogP) is 5.66. The van der Waals surface area contributed by atoms with E-state index in [-0.39, 0.29) is 0 Å². The number of likely N-dealkylation sites (N-methyl/N-ethyl adjacent to an activating group) is 1. The highest BCUT2D eigenvalue weighted by atomic mass is 35.5. The first kappa shape index (κ1) is 21.5. The summed E-state index contributed by atoms with van der Waals surface area (Å²) in [7, 11) is 0. The van der Waals surface area contributed by atoms with Crippen LogP contribution in [-0.4, -0.2) is 41.6 Å². The standard InChI is InChI=1S/C23H25Cl2N3O/c1-3-27(4-2)10-7-17-5-6-22-18(13-17)8-11-28(22)20-14-19(16-26)23(21(25)15-20)29-12-9-24/h5-6,8,11,13-15H,3-4,7,9-10,12H2,1-2H3. The molecule has 3 aromatic rings. The zero-order valence-corrected chi connectivity index (χ0v) is 18.3. The second-order valence-electron chi connectivity index (χ2n) is 6.81. The summed E-state index contributed by atoms with van der Waals surface area (Å²) in [5, 5.41) is 11.1. The van der Waals surface area contributed by atoms with Gasteiger partial charge >= 0.3 is 0 Å². The number of ether oxygens (including phenoxy) is 1. The van der Waals surface area contributed by atoms with Crippen LogP contribution in [0.2, 0.25) is 5.02 Å². The van der Waals surface area contributed by atoms with Crippen molar-refractivity contribution < 1.29 is 4.74 Å². The molecule has 4 nitrogen and oxygen atoms in total. The van der Waals surface area contributed by atoms with Gasteiger partial charge in [0.25, 0.3) is 0 Å². The number of nitriles is 1. The molecule has 3 rings (SSSR count). The molecule has 0 fully saturated rings. The lowest BCUT2D eigenvalue weighted by atomic mass is 10.1. The maximum atomic E-state index is 9.52. The number of hydrogen-bond acceptors (Lipinski definition) is 3. The minimum Gasteiger partial charge on any atom is -0.489 e. The molecule has 0 bridgehead atoms. The minimum absolute atomic E-state index is 0.304. The van der Waals surface area contributed by atoms with Crippen molar-refractivity contribution in [3.63, 3.8) is 0 Å². The molecule has 152 valence electrons. The number of halogens is 2. The third kappa shape index (κ3) is 4.87. The van der Waals surface area contributed by atoms with Gasteiger partial charge in [0.1, 0.15) is 12.7 Å². The highest BCUT2D eigenvalue weighted by Crippen LogP contribution is 2.33. The largest absolute Gasteiger partial charge is 0.489 e. The van der Waals surface area contributed by atoms with E-state index in [4.69, 9.17) is 27.9 Å². The first-order valence-electron chi connectivity index (χ1n) is 9.86. The number of alkyl halides is 1. The number of nitrogens with zero attached hydrogens (tertiary/aromatic N) is 3. The van der Waals surface area contributed by atoms with Crippen LogP contribution in [0.15, 0.2) is 42.6 Å². The zero-order valence-electron chi connectivity index (χ0n) is 16.8. The topological polar surface area (TPSA) is 41.2 Å². The number of benzene rings is 2. The van der Waals surface area contributed by atoms with Crippen molar-refractivity contribution in [1.82, 2.24) is 9.47 Å². The Balaban J connectivity index is 1.91. The fourth-order valence-corrected chi connectivity index (χ4v) is 3.83. The van der Waals surface area contributed by atoms with Crippen LogP contribution in [0.3, 0.4) is 0 Å². The Labute approximate surface area is 182 Å². The molecule has 0 atom stereocenters. The summed E-state index contributed by atoms with van der Waals surface area (Å²) in [5.41, 5.74) is 3.62. The van der Waals surface area contributed by atoms with E-state index in [2.05, 4.69) is 49.1 Å². The average molecular weight is 430 g/mol. The molecule has 0 aliphatic rings. The Morgan fingerprint density at radius 3 is 2.62 bits per heavy atom. The molecule has 1 heterocycles. The van der Waals surface area contributed by atoms with Gasteiger partial charge in [-0.1, -0.05) is 31.5 Å². The molecule has 29 heavy (non-hydrogen) atoms. The van der Waals surface area contributed by atoms with Crippen molar-refractivity contribution in [2.24, 2.45) is 0 Å². The fourth-order valence-electron chi connectivity index (χ4n) is 3.49. The zero-order chi connectivity index (χ0) is 20.8. The van der Waals surface area contributed by atoms with Crippen LogP contribution < -0.4 is 4.74 Å². The molecule has 0 spiro atoms.